The van der Waals surface area contributed by atoms with E-state index in [9.17, 15) is 9.59 Å². The van der Waals surface area contributed by atoms with Gasteiger partial charge in [0.05, 0.1) is 18.9 Å². The van der Waals surface area contributed by atoms with E-state index in [-0.39, 0.29) is 0 Å². The predicted octanol–water partition coefficient (Wildman–Crippen LogP) is 1.09. The van der Waals surface area contributed by atoms with Gasteiger partial charge in [0.25, 0.3) is 0 Å². The molecule has 0 bridgehead atoms. The SMILES string of the molecule is O=C(O)c1nn(-c2ccc3c(c2)OCCCO3)ccc1=O. The molecular formula is C14H12N2O5. The van der Waals surface area contributed by atoms with Crippen molar-refractivity contribution in [3.05, 3.63) is 46.4 Å². The summed E-state index contributed by atoms with van der Waals surface area (Å²) in [7, 11) is 0. The summed E-state index contributed by atoms with van der Waals surface area (Å²) in [6.07, 6.45) is 2.21. The second-order valence-electron chi connectivity index (χ2n) is 4.46. The minimum atomic E-state index is -1.36. The lowest BCUT2D eigenvalue weighted by Crippen LogP contribution is -2.20. The molecule has 0 saturated carbocycles. The quantitative estimate of drug-likeness (QED) is 0.889. The molecule has 7 heteroatoms. The molecule has 1 aromatic heterocycles. The first-order valence-corrected chi connectivity index (χ1v) is 6.38. The van der Waals surface area contributed by atoms with E-state index < -0.39 is 17.1 Å². The fourth-order valence-electron chi connectivity index (χ4n) is 1.99. The summed E-state index contributed by atoms with van der Waals surface area (Å²) >= 11 is 0. The molecule has 0 atom stereocenters. The standard InChI is InChI=1S/C14H12N2O5/c17-10-4-5-16(15-13(10)14(18)19)9-2-3-11-12(8-9)21-7-1-6-20-11/h2-5,8H,1,6-7H2,(H,18,19). The van der Waals surface area contributed by atoms with E-state index in [2.05, 4.69) is 5.10 Å². The van der Waals surface area contributed by atoms with Crippen LogP contribution >= 0.6 is 0 Å². The Bertz CT molecular complexity index is 753. The van der Waals surface area contributed by atoms with E-state index in [4.69, 9.17) is 14.6 Å². The van der Waals surface area contributed by atoms with Crippen molar-refractivity contribution >= 4 is 5.97 Å². The van der Waals surface area contributed by atoms with E-state index in [1.807, 2.05) is 0 Å². The lowest BCUT2D eigenvalue weighted by molar-refractivity contribution is 0.0687. The number of fused-ring (bicyclic) bond motifs is 1. The molecule has 1 aliphatic rings. The van der Waals surface area contributed by atoms with Crippen LogP contribution in [0.3, 0.4) is 0 Å². The van der Waals surface area contributed by atoms with Crippen molar-refractivity contribution in [2.75, 3.05) is 13.2 Å². The Kier molecular flexibility index (Phi) is 3.31. The van der Waals surface area contributed by atoms with Gasteiger partial charge in [-0.05, 0) is 12.1 Å². The van der Waals surface area contributed by atoms with Crippen LogP contribution in [0.5, 0.6) is 11.5 Å². The number of ether oxygens (including phenoxy) is 2. The van der Waals surface area contributed by atoms with Gasteiger partial charge in [-0.1, -0.05) is 0 Å². The molecule has 1 N–H and O–H groups in total. The van der Waals surface area contributed by atoms with Gasteiger partial charge in [0.1, 0.15) is 0 Å². The van der Waals surface area contributed by atoms with Crippen LogP contribution in [0.2, 0.25) is 0 Å². The smallest absolute Gasteiger partial charge is 0.360 e. The van der Waals surface area contributed by atoms with Gasteiger partial charge in [-0.25, -0.2) is 9.48 Å². The lowest BCUT2D eigenvalue weighted by atomic mass is 10.2. The van der Waals surface area contributed by atoms with Crippen LogP contribution in [0.1, 0.15) is 16.9 Å². The van der Waals surface area contributed by atoms with Gasteiger partial charge < -0.3 is 14.6 Å². The Morgan fingerprint density at radius 2 is 1.95 bits per heavy atom. The van der Waals surface area contributed by atoms with Gasteiger partial charge in [0, 0.05) is 24.8 Å². The first-order valence-electron chi connectivity index (χ1n) is 6.38. The van der Waals surface area contributed by atoms with E-state index in [1.54, 1.807) is 18.2 Å². The average Bonchev–Trinajstić information content (AvgIpc) is 2.72. The van der Waals surface area contributed by atoms with E-state index in [0.29, 0.717) is 30.4 Å². The zero-order valence-electron chi connectivity index (χ0n) is 11.0. The highest BCUT2D eigenvalue weighted by molar-refractivity contribution is 5.84. The van der Waals surface area contributed by atoms with Crippen molar-refractivity contribution in [3.8, 4) is 17.2 Å². The molecule has 1 aliphatic heterocycles. The normalized spacial score (nSPS) is 13.5. The molecule has 0 spiro atoms. The maximum atomic E-state index is 11.4. The summed E-state index contributed by atoms with van der Waals surface area (Å²) in [4.78, 5) is 22.4. The molecular weight excluding hydrogens is 276 g/mol. The molecule has 2 aromatic rings. The molecule has 0 unspecified atom stereocenters. The van der Waals surface area contributed by atoms with Gasteiger partial charge >= 0.3 is 5.97 Å². The Morgan fingerprint density at radius 3 is 2.71 bits per heavy atom. The zero-order chi connectivity index (χ0) is 14.8. The molecule has 108 valence electrons. The van der Waals surface area contributed by atoms with Crippen LogP contribution in [0.4, 0.5) is 0 Å². The van der Waals surface area contributed by atoms with Crippen molar-refractivity contribution in [2.24, 2.45) is 0 Å². The van der Waals surface area contributed by atoms with Gasteiger partial charge in [-0.15, -0.1) is 0 Å². The first kappa shape index (κ1) is 13.2. The minimum Gasteiger partial charge on any atom is -0.490 e. The number of aromatic carboxylic acids is 1. The molecule has 0 saturated heterocycles. The molecule has 2 heterocycles. The van der Waals surface area contributed by atoms with Crippen molar-refractivity contribution in [1.82, 2.24) is 9.78 Å². The summed E-state index contributed by atoms with van der Waals surface area (Å²) in [5.41, 5.74) is -0.570. The molecule has 21 heavy (non-hydrogen) atoms. The third-order valence-corrected chi connectivity index (χ3v) is 3.01. The number of benzene rings is 1. The molecule has 0 aliphatic carbocycles. The number of carboxylic acids is 1. The van der Waals surface area contributed by atoms with E-state index in [0.717, 1.165) is 6.42 Å². The summed E-state index contributed by atoms with van der Waals surface area (Å²) in [6.45, 7) is 1.14. The van der Waals surface area contributed by atoms with E-state index >= 15 is 0 Å². The van der Waals surface area contributed by atoms with Crippen LogP contribution in [-0.2, 0) is 0 Å². The molecule has 7 nitrogen and oxygen atoms in total. The second-order valence-corrected chi connectivity index (χ2v) is 4.46. The Labute approximate surface area is 119 Å². The Balaban J connectivity index is 2.05. The predicted molar refractivity (Wildman–Crippen MR) is 72.4 cm³/mol. The number of hydrogen-bond donors (Lipinski definition) is 1. The fraction of sp³-hybridized carbons (Fsp3) is 0.214. The van der Waals surface area contributed by atoms with Gasteiger partial charge in [-0.3, -0.25) is 4.79 Å². The van der Waals surface area contributed by atoms with Crippen LogP contribution in [0.15, 0.2) is 35.3 Å². The Hall–Kier alpha value is -2.83. The fourth-order valence-corrected chi connectivity index (χ4v) is 1.99. The van der Waals surface area contributed by atoms with E-state index in [1.165, 1.54) is 16.9 Å². The van der Waals surface area contributed by atoms with Crippen molar-refractivity contribution in [1.29, 1.82) is 0 Å². The highest BCUT2D eigenvalue weighted by Crippen LogP contribution is 2.31. The lowest BCUT2D eigenvalue weighted by Gasteiger charge is -2.10. The topological polar surface area (TPSA) is 90.7 Å². The van der Waals surface area contributed by atoms with Crippen molar-refractivity contribution < 1.29 is 19.4 Å². The number of carbonyl (C=O) groups is 1. The molecule has 1 aromatic carbocycles. The molecule has 0 fully saturated rings. The average molecular weight is 288 g/mol. The number of aromatic nitrogens is 2. The van der Waals surface area contributed by atoms with Gasteiger partial charge in [0.2, 0.25) is 11.1 Å². The number of nitrogens with zero attached hydrogens (tertiary/aromatic N) is 2. The molecule has 0 radical (unpaired) electrons. The third kappa shape index (κ3) is 2.58. The molecule has 0 amide bonds. The van der Waals surface area contributed by atoms with Crippen molar-refractivity contribution in [2.45, 2.75) is 6.42 Å². The summed E-state index contributed by atoms with van der Waals surface area (Å²) in [6, 6.07) is 6.32. The van der Waals surface area contributed by atoms with Crippen LogP contribution in [0, 0.1) is 0 Å². The Morgan fingerprint density at radius 1 is 1.19 bits per heavy atom. The highest BCUT2D eigenvalue weighted by Gasteiger charge is 2.14. The van der Waals surface area contributed by atoms with Crippen molar-refractivity contribution in [3.63, 3.8) is 0 Å². The second kappa shape index (κ2) is 5.28. The number of rotatable bonds is 2. The van der Waals surface area contributed by atoms with Crippen LogP contribution in [0.25, 0.3) is 5.69 Å². The number of carboxylic acid groups (broad SMARTS) is 1. The summed E-state index contributed by atoms with van der Waals surface area (Å²) < 4.78 is 12.4. The first-order chi connectivity index (χ1) is 10.1. The molecule has 3 rings (SSSR count). The van der Waals surface area contributed by atoms with Gasteiger partial charge in [-0.2, -0.15) is 5.10 Å². The maximum absolute atomic E-state index is 11.4. The highest BCUT2D eigenvalue weighted by atomic mass is 16.5. The summed E-state index contributed by atoms with van der Waals surface area (Å²) in [5, 5.41) is 12.8. The monoisotopic (exact) mass is 288 g/mol. The summed E-state index contributed by atoms with van der Waals surface area (Å²) in [5.74, 6) is -0.151. The minimum absolute atomic E-state index is 0.524. The maximum Gasteiger partial charge on any atom is 0.360 e. The van der Waals surface area contributed by atoms with Crippen LogP contribution < -0.4 is 14.9 Å². The number of hydrogen-bond acceptors (Lipinski definition) is 5. The largest absolute Gasteiger partial charge is 0.490 e. The zero-order valence-corrected chi connectivity index (χ0v) is 11.0. The van der Waals surface area contributed by atoms with Gasteiger partial charge in [0.15, 0.2) is 11.5 Å². The van der Waals surface area contributed by atoms with Crippen LogP contribution in [-0.4, -0.2) is 34.1 Å². The third-order valence-electron chi connectivity index (χ3n) is 3.01.